The topological polar surface area (TPSA) is 65.5 Å². The number of likely N-dealkylation sites (tertiary alicyclic amines) is 1. The first kappa shape index (κ1) is 17.9. The van der Waals surface area contributed by atoms with Gasteiger partial charge in [-0.3, -0.25) is 14.6 Å². The largest absolute Gasteiger partial charge is 0.370 e. The molecule has 1 unspecified atom stereocenters. The maximum atomic E-state index is 13.0. The Morgan fingerprint density at radius 2 is 1.92 bits per heavy atom. The summed E-state index contributed by atoms with van der Waals surface area (Å²) in [5.74, 6) is -0.117. The highest BCUT2D eigenvalue weighted by molar-refractivity contribution is 5.96. The van der Waals surface area contributed by atoms with Crippen LogP contribution in [0.4, 0.5) is 5.69 Å². The van der Waals surface area contributed by atoms with Crippen molar-refractivity contribution in [2.75, 3.05) is 32.5 Å². The number of para-hydroxylation sites is 1. The van der Waals surface area contributed by atoms with Crippen LogP contribution in [0.1, 0.15) is 23.2 Å². The zero-order chi connectivity index (χ0) is 18.6. The van der Waals surface area contributed by atoms with Gasteiger partial charge < -0.3 is 15.1 Å². The fourth-order valence-corrected chi connectivity index (χ4v) is 3.46. The van der Waals surface area contributed by atoms with Gasteiger partial charge in [0.05, 0.1) is 12.1 Å². The van der Waals surface area contributed by atoms with E-state index in [4.69, 9.17) is 0 Å². The Kier molecular flexibility index (Phi) is 5.21. The van der Waals surface area contributed by atoms with Gasteiger partial charge in [-0.2, -0.15) is 0 Å². The molecule has 1 atom stereocenters. The number of likely N-dealkylation sites (N-methyl/N-ethyl adjacent to an activating group) is 1. The number of carbonyl (C=O) groups excluding carboxylic acids is 2. The van der Waals surface area contributed by atoms with E-state index in [0.717, 1.165) is 12.1 Å². The molecule has 2 amide bonds. The van der Waals surface area contributed by atoms with Crippen LogP contribution in [0.25, 0.3) is 0 Å². The molecule has 0 saturated carbocycles. The van der Waals surface area contributed by atoms with Gasteiger partial charge in [-0.15, -0.1) is 0 Å². The van der Waals surface area contributed by atoms with E-state index < -0.39 is 5.54 Å². The normalized spacial score (nSPS) is 19.7. The number of benzene rings is 1. The van der Waals surface area contributed by atoms with E-state index in [9.17, 15) is 9.59 Å². The highest BCUT2D eigenvalue weighted by atomic mass is 16.2. The summed E-state index contributed by atoms with van der Waals surface area (Å²) in [6.45, 7) is 0.958. The fraction of sp³-hybridized carbons (Fsp3) is 0.350. The highest BCUT2D eigenvalue weighted by Gasteiger charge is 2.44. The molecule has 26 heavy (non-hydrogen) atoms. The Morgan fingerprint density at radius 1 is 1.15 bits per heavy atom. The summed E-state index contributed by atoms with van der Waals surface area (Å²) in [5.41, 5.74) is 0.583. The van der Waals surface area contributed by atoms with Crippen LogP contribution in [0.2, 0.25) is 0 Å². The molecule has 2 aromatic rings. The van der Waals surface area contributed by atoms with Gasteiger partial charge >= 0.3 is 0 Å². The summed E-state index contributed by atoms with van der Waals surface area (Å²) in [6, 6.07) is 13.2. The van der Waals surface area contributed by atoms with E-state index >= 15 is 0 Å². The van der Waals surface area contributed by atoms with Gasteiger partial charge in [0.15, 0.2) is 0 Å². The standard InChI is InChI=1S/C20H24N4O2/c1-23(2)19(26)20(22-17-9-4-3-5-10-17)11-7-13-24(15-20)18(25)16-8-6-12-21-14-16/h3-6,8-10,12,14,22H,7,11,13,15H2,1-2H3. The van der Waals surface area contributed by atoms with Gasteiger partial charge in [0, 0.05) is 38.7 Å². The molecule has 1 saturated heterocycles. The average Bonchev–Trinajstić information content (AvgIpc) is 2.68. The van der Waals surface area contributed by atoms with E-state index in [2.05, 4.69) is 10.3 Å². The molecule has 2 heterocycles. The third kappa shape index (κ3) is 3.69. The molecule has 136 valence electrons. The number of hydrogen-bond acceptors (Lipinski definition) is 4. The second-order valence-corrected chi connectivity index (χ2v) is 6.84. The fourth-order valence-electron chi connectivity index (χ4n) is 3.46. The van der Waals surface area contributed by atoms with Gasteiger partial charge in [-0.05, 0) is 37.1 Å². The number of aromatic nitrogens is 1. The van der Waals surface area contributed by atoms with Crippen molar-refractivity contribution >= 4 is 17.5 Å². The van der Waals surface area contributed by atoms with Crippen molar-refractivity contribution in [3.8, 4) is 0 Å². The lowest BCUT2D eigenvalue weighted by atomic mass is 9.86. The molecule has 1 aromatic heterocycles. The second kappa shape index (κ2) is 7.56. The third-order valence-electron chi connectivity index (χ3n) is 4.66. The lowest BCUT2D eigenvalue weighted by molar-refractivity contribution is -0.135. The highest BCUT2D eigenvalue weighted by Crippen LogP contribution is 2.28. The van der Waals surface area contributed by atoms with Crippen LogP contribution in [0.5, 0.6) is 0 Å². The molecule has 1 aromatic carbocycles. The number of hydrogen-bond donors (Lipinski definition) is 1. The summed E-state index contributed by atoms with van der Waals surface area (Å²) >= 11 is 0. The van der Waals surface area contributed by atoms with E-state index in [1.54, 1.807) is 48.4 Å². The van der Waals surface area contributed by atoms with Gasteiger partial charge in [-0.1, -0.05) is 18.2 Å². The van der Waals surface area contributed by atoms with E-state index in [1.165, 1.54) is 0 Å². The molecule has 0 bridgehead atoms. The molecule has 6 heteroatoms. The maximum Gasteiger partial charge on any atom is 0.255 e. The van der Waals surface area contributed by atoms with E-state index in [-0.39, 0.29) is 11.8 Å². The minimum Gasteiger partial charge on any atom is -0.370 e. The van der Waals surface area contributed by atoms with Gasteiger partial charge in [0.1, 0.15) is 5.54 Å². The first-order valence-corrected chi connectivity index (χ1v) is 8.76. The zero-order valence-electron chi connectivity index (χ0n) is 15.2. The van der Waals surface area contributed by atoms with Crippen LogP contribution in [0.15, 0.2) is 54.9 Å². The number of piperidine rings is 1. The molecule has 1 fully saturated rings. The quantitative estimate of drug-likeness (QED) is 0.917. The summed E-state index contributed by atoms with van der Waals surface area (Å²) in [5, 5.41) is 3.41. The number of pyridine rings is 1. The monoisotopic (exact) mass is 352 g/mol. The number of amides is 2. The van der Waals surface area contributed by atoms with Gasteiger partial charge in [0.2, 0.25) is 5.91 Å². The lowest BCUT2D eigenvalue weighted by Gasteiger charge is -2.43. The molecular formula is C20H24N4O2. The summed E-state index contributed by atoms with van der Waals surface area (Å²) in [7, 11) is 3.50. The van der Waals surface area contributed by atoms with Crippen molar-refractivity contribution in [2.24, 2.45) is 0 Å². The molecule has 1 N–H and O–H groups in total. The Balaban J connectivity index is 1.88. The number of carbonyl (C=O) groups is 2. The smallest absolute Gasteiger partial charge is 0.255 e. The first-order valence-electron chi connectivity index (χ1n) is 8.76. The van der Waals surface area contributed by atoms with Gasteiger partial charge in [0.25, 0.3) is 5.91 Å². The predicted octanol–water partition coefficient (Wildman–Crippen LogP) is 2.26. The molecular weight excluding hydrogens is 328 g/mol. The van der Waals surface area contributed by atoms with Crippen LogP contribution in [-0.2, 0) is 4.79 Å². The second-order valence-electron chi connectivity index (χ2n) is 6.84. The zero-order valence-corrected chi connectivity index (χ0v) is 15.2. The number of rotatable bonds is 4. The van der Waals surface area contributed by atoms with Crippen LogP contribution in [0.3, 0.4) is 0 Å². The van der Waals surface area contributed by atoms with Crippen molar-refractivity contribution in [1.82, 2.24) is 14.8 Å². The van der Waals surface area contributed by atoms with Crippen molar-refractivity contribution in [1.29, 1.82) is 0 Å². The van der Waals surface area contributed by atoms with E-state index in [1.807, 2.05) is 30.3 Å². The third-order valence-corrected chi connectivity index (χ3v) is 4.66. The van der Waals surface area contributed by atoms with E-state index in [0.29, 0.717) is 25.1 Å². The Labute approximate surface area is 153 Å². The lowest BCUT2D eigenvalue weighted by Crippen LogP contribution is -2.62. The summed E-state index contributed by atoms with van der Waals surface area (Å²) in [4.78, 5) is 33.3. The Hall–Kier alpha value is -2.89. The van der Waals surface area contributed by atoms with Crippen LogP contribution < -0.4 is 5.32 Å². The molecule has 0 aliphatic carbocycles. The van der Waals surface area contributed by atoms with Crippen LogP contribution >= 0.6 is 0 Å². The van der Waals surface area contributed by atoms with Crippen molar-refractivity contribution in [3.05, 3.63) is 60.4 Å². The van der Waals surface area contributed by atoms with Crippen LogP contribution in [-0.4, -0.2) is 59.3 Å². The first-order chi connectivity index (χ1) is 12.5. The van der Waals surface area contributed by atoms with Crippen molar-refractivity contribution in [3.63, 3.8) is 0 Å². The molecule has 1 aliphatic heterocycles. The average molecular weight is 352 g/mol. The minimum absolute atomic E-state index is 0.0231. The number of nitrogens with zero attached hydrogens (tertiary/aromatic N) is 3. The Bertz CT molecular complexity index is 764. The van der Waals surface area contributed by atoms with Crippen LogP contribution in [0, 0.1) is 0 Å². The number of anilines is 1. The number of nitrogens with one attached hydrogen (secondary N) is 1. The predicted molar refractivity (Wildman–Crippen MR) is 101 cm³/mol. The Morgan fingerprint density at radius 3 is 2.58 bits per heavy atom. The summed E-state index contributed by atoms with van der Waals surface area (Å²) in [6.07, 6.45) is 4.64. The SMILES string of the molecule is CN(C)C(=O)C1(Nc2ccccc2)CCCN(C(=O)c2cccnc2)C1. The van der Waals surface area contributed by atoms with Gasteiger partial charge in [-0.25, -0.2) is 0 Å². The maximum absolute atomic E-state index is 13.0. The molecule has 1 aliphatic rings. The van der Waals surface area contributed by atoms with Crippen molar-refractivity contribution in [2.45, 2.75) is 18.4 Å². The summed E-state index contributed by atoms with van der Waals surface area (Å²) < 4.78 is 0. The molecule has 3 rings (SSSR count). The molecule has 0 radical (unpaired) electrons. The van der Waals surface area contributed by atoms with Crippen molar-refractivity contribution < 1.29 is 9.59 Å². The molecule has 0 spiro atoms. The molecule has 6 nitrogen and oxygen atoms in total. The minimum atomic E-state index is -0.832.